The van der Waals surface area contributed by atoms with Crippen molar-refractivity contribution in [2.45, 2.75) is 27.2 Å². The molecule has 1 heterocycles. The van der Waals surface area contributed by atoms with Gasteiger partial charge in [-0.05, 0) is 37.5 Å². The number of H-pyrrole nitrogens is 1. The second-order valence-corrected chi connectivity index (χ2v) is 5.45. The van der Waals surface area contributed by atoms with E-state index in [4.69, 9.17) is 4.74 Å². The molecule has 24 heavy (non-hydrogen) atoms. The number of ether oxygens (including phenoxy) is 1. The summed E-state index contributed by atoms with van der Waals surface area (Å²) in [5, 5.41) is 2.78. The average Bonchev–Trinajstić information content (AvgIpc) is 3.05. The number of hydrogen-bond acceptors (Lipinski definition) is 4. The van der Waals surface area contributed by atoms with Gasteiger partial charge in [0.25, 0.3) is 5.91 Å². The van der Waals surface area contributed by atoms with Gasteiger partial charge in [-0.15, -0.1) is 0 Å². The molecule has 0 saturated heterocycles. The van der Waals surface area contributed by atoms with Gasteiger partial charge in [-0.2, -0.15) is 0 Å². The van der Waals surface area contributed by atoms with Crippen molar-refractivity contribution in [3.05, 3.63) is 52.8 Å². The van der Waals surface area contributed by atoms with Gasteiger partial charge in [0.1, 0.15) is 5.69 Å². The molecule has 0 spiro atoms. The lowest BCUT2D eigenvalue weighted by molar-refractivity contribution is -0.119. The normalized spacial score (nSPS) is 10.3. The van der Waals surface area contributed by atoms with Gasteiger partial charge in [0, 0.05) is 17.4 Å². The van der Waals surface area contributed by atoms with E-state index < -0.39 is 18.5 Å². The molecular formula is C18H20N2O4. The van der Waals surface area contributed by atoms with Crippen LogP contribution in [-0.4, -0.2) is 29.3 Å². The molecule has 2 N–H and O–H groups in total. The van der Waals surface area contributed by atoms with Crippen LogP contribution in [0.15, 0.2) is 30.5 Å². The molecule has 0 aliphatic rings. The van der Waals surface area contributed by atoms with E-state index in [2.05, 4.69) is 10.3 Å². The summed E-state index contributed by atoms with van der Waals surface area (Å²) < 4.78 is 4.98. The standard InChI is InChI=1S/C18H20N2O4/c1-4-13-7-5-6-11(2)17(13)20-16(22)10-24-18(23)15-8-14(9-19-15)12(3)21/h5-9,19H,4,10H2,1-3H3,(H,20,22). The molecule has 2 rings (SSSR count). The summed E-state index contributed by atoms with van der Waals surface area (Å²) in [6.45, 7) is 4.91. The average molecular weight is 328 g/mol. The highest BCUT2D eigenvalue weighted by Gasteiger charge is 2.15. The number of aryl methyl sites for hydroxylation is 2. The highest BCUT2D eigenvalue weighted by atomic mass is 16.5. The third-order valence-electron chi connectivity index (χ3n) is 3.65. The molecule has 0 aliphatic carbocycles. The third-order valence-corrected chi connectivity index (χ3v) is 3.65. The van der Waals surface area contributed by atoms with Crippen molar-refractivity contribution in [3.8, 4) is 0 Å². The van der Waals surface area contributed by atoms with E-state index in [1.807, 2.05) is 32.0 Å². The fraction of sp³-hybridized carbons (Fsp3) is 0.278. The zero-order valence-corrected chi connectivity index (χ0v) is 13.9. The van der Waals surface area contributed by atoms with Gasteiger partial charge < -0.3 is 15.0 Å². The Morgan fingerprint density at radius 2 is 2.00 bits per heavy atom. The minimum Gasteiger partial charge on any atom is -0.451 e. The Kier molecular flexibility index (Phi) is 5.52. The van der Waals surface area contributed by atoms with Gasteiger partial charge in [0.15, 0.2) is 12.4 Å². The maximum absolute atomic E-state index is 12.0. The zero-order valence-electron chi connectivity index (χ0n) is 13.9. The number of benzene rings is 1. The summed E-state index contributed by atoms with van der Waals surface area (Å²) >= 11 is 0. The minimum atomic E-state index is -0.682. The first-order chi connectivity index (χ1) is 11.4. The number of ketones is 1. The maximum Gasteiger partial charge on any atom is 0.355 e. The first-order valence-corrected chi connectivity index (χ1v) is 7.67. The Labute approximate surface area is 140 Å². The minimum absolute atomic E-state index is 0.137. The SMILES string of the molecule is CCc1cccc(C)c1NC(=O)COC(=O)c1cc(C(C)=O)c[nH]1. The van der Waals surface area contributed by atoms with Crippen molar-refractivity contribution in [2.24, 2.45) is 0 Å². The van der Waals surface area contributed by atoms with Crippen LogP contribution in [0.1, 0.15) is 45.8 Å². The van der Waals surface area contributed by atoms with Gasteiger partial charge >= 0.3 is 5.97 Å². The molecule has 0 radical (unpaired) electrons. The molecule has 1 aromatic carbocycles. The number of esters is 1. The molecule has 0 bridgehead atoms. The van der Waals surface area contributed by atoms with Crippen molar-refractivity contribution < 1.29 is 19.1 Å². The van der Waals surface area contributed by atoms with Crippen molar-refractivity contribution in [3.63, 3.8) is 0 Å². The summed E-state index contributed by atoms with van der Waals surface area (Å²) in [5.74, 6) is -1.25. The Morgan fingerprint density at radius 1 is 1.25 bits per heavy atom. The van der Waals surface area contributed by atoms with Crippen LogP contribution in [0.5, 0.6) is 0 Å². The predicted molar refractivity (Wildman–Crippen MR) is 90.3 cm³/mol. The Hall–Kier alpha value is -2.89. The summed E-state index contributed by atoms with van der Waals surface area (Å²) in [4.78, 5) is 37.8. The van der Waals surface area contributed by atoms with Gasteiger partial charge in [0.05, 0.1) is 0 Å². The smallest absolute Gasteiger partial charge is 0.355 e. The quantitative estimate of drug-likeness (QED) is 0.630. The molecule has 126 valence electrons. The number of nitrogens with one attached hydrogen (secondary N) is 2. The van der Waals surface area contributed by atoms with E-state index in [9.17, 15) is 14.4 Å². The lowest BCUT2D eigenvalue weighted by Crippen LogP contribution is -2.22. The number of hydrogen-bond donors (Lipinski definition) is 2. The van der Waals surface area contributed by atoms with Crippen molar-refractivity contribution in [2.75, 3.05) is 11.9 Å². The van der Waals surface area contributed by atoms with E-state index in [1.54, 1.807) is 0 Å². The first-order valence-electron chi connectivity index (χ1n) is 7.67. The Bertz CT molecular complexity index is 777. The summed E-state index contributed by atoms with van der Waals surface area (Å²) in [6.07, 6.45) is 2.22. The summed E-state index contributed by atoms with van der Waals surface area (Å²) in [5.41, 5.74) is 3.24. The molecule has 0 aliphatic heterocycles. The fourth-order valence-electron chi connectivity index (χ4n) is 2.30. The number of Topliss-reactive ketones (excluding diaryl/α,β-unsaturated/α-hetero) is 1. The van der Waals surface area contributed by atoms with Gasteiger partial charge in [-0.1, -0.05) is 25.1 Å². The number of aromatic nitrogens is 1. The van der Waals surface area contributed by atoms with E-state index in [-0.39, 0.29) is 11.5 Å². The first kappa shape index (κ1) is 17.5. The van der Waals surface area contributed by atoms with Gasteiger partial charge in [-0.25, -0.2) is 4.79 Å². The fourth-order valence-corrected chi connectivity index (χ4v) is 2.30. The van der Waals surface area contributed by atoms with E-state index in [0.29, 0.717) is 5.56 Å². The highest BCUT2D eigenvalue weighted by molar-refractivity contribution is 5.99. The number of para-hydroxylation sites is 1. The number of carbonyl (C=O) groups is 3. The van der Waals surface area contributed by atoms with E-state index in [0.717, 1.165) is 23.2 Å². The van der Waals surface area contributed by atoms with Crippen LogP contribution < -0.4 is 5.32 Å². The third kappa shape index (κ3) is 4.10. The van der Waals surface area contributed by atoms with E-state index in [1.165, 1.54) is 19.2 Å². The van der Waals surface area contributed by atoms with Gasteiger partial charge in [0.2, 0.25) is 0 Å². The van der Waals surface area contributed by atoms with Crippen LogP contribution in [0.2, 0.25) is 0 Å². The lowest BCUT2D eigenvalue weighted by atomic mass is 10.1. The molecule has 1 amide bonds. The molecule has 0 fully saturated rings. The summed E-state index contributed by atoms with van der Waals surface area (Å²) in [6, 6.07) is 7.18. The van der Waals surface area contributed by atoms with Crippen molar-refractivity contribution >= 4 is 23.3 Å². The molecule has 0 atom stereocenters. The molecule has 1 aromatic heterocycles. The second-order valence-electron chi connectivity index (χ2n) is 5.45. The number of anilines is 1. The maximum atomic E-state index is 12.0. The molecule has 6 heteroatoms. The Balaban J connectivity index is 1.96. The van der Waals surface area contributed by atoms with Gasteiger partial charge in [-0.3, -0.25) is 9.59 Å². The molecule has 2 aromatic rings. The predicted octanol–water partition coefficient (Wildman–Crippen LogP) is 2.88. The van der Waals surface area contributed by atoms with Crippen molar-refractivity contribution in [1.82, 2.24) is 4.98 Å². The zero-order chi connectivity index (χ0) is 17.7. The van der Waals surface area contributed by atoms with E-state index >= 15 is 0 Å². The number of aromatic amines is 1. The van der Waals surface area contributed by atoms with Crippen LogP contribution in [0, 0.1) is 6.92 Å². The highest BCUT2D eigenvalue weighted by Crippen LogP contribution is 2.20. The monoisotopic (exact) mass is 328 g/mol. The Morgan fingerprint density at radius 3 is 2.62 bits per heavy atom. The van der Waals surface area contributed by atoms with Crippen LogP contribution in [0.4, 0.5) is 5.69 Å². The summed E-state index contributed by atoms with van der Waals surface area (Å²) in [7, 11) is 0. The second kappa shape index (κ2) is 7.59. The molecular weight excluding hydrogens is 308 g/mol. The van der Waals surface area contributed by atoms with Crippen LogP contribution in [0.25, 0.3) is 0 Å². The van der Waals surface area contributed by atoms with Crippen LogP contribution in [-0.2, 0) is 16.0 Å². The van der Waals surface area contributed by atoms with Crippen LogP contribution >= 0.6 is 0 Å². The molecule has 6 nitrogen and oxygen atoms in total. The number of amides is 1. The number of rotatable bonds is 6. The van der Waals surface area contributed by atoms with Crippen molar-refractivity contribution in [1.29, 1.82) is 0 Å². The number of carbonyl (C=O) groups excluding carboxylic acids is 3. The van der Waals surface area contributed by atoms with Crippen LogP contribution in [0.3, 0.4) is 0 Å². The molecule has 0 unspecified atom stereocenters. The topological polar surface area (TPSA) is 88.3 Å². The molecule has 0 saturated carbocycles. The largest absolute Gasteiger partial charge is 0.451 e. The lowest BCUT2D eigenvalue weighted by Gasteiger charge is -2.12.